The number of aliphatic hydroxyl groups excluding tert-OH is 1. The third-order valence-electron chi connectivity index (χ3n) is 4.18. The average molecular weight is 332 g/mol. The number of rotatable bonds is 6. The molecule has 130 valence electrons. The normalized spacial score (nSPS) is 20.0. The molecule has 2 atom stereocenters. The largest absolute Gasteiger partial charge is 0.491 e. The van der Waals surface area contributed by atoms with Gasteiger partial charge in [-0.15, -0.1) is 10.2 Å². The Kier molecular flexibility index (Phi) is 5.44. The number of morpholine rings is 1. The Bertz CT molecular complexity index is 661. The molecule has 24 heavy (non-hydrogen) atoms. The molecule has 0 spiro atoms. The molecule has 0 amide bonds. The molecule has 0 bridgehead atoms. The Morgan fingerprint density at radius 1 is 1.42 bits per heavy atom. The summed E-state index contributed by atoms with van der Waals surface area (Å²) in [5.74, 6) is 1.63. The van der Waals surface area contributed by atoms with Gasteiger partial charge in [-0.2, -0.15) is 0 Å². The van der Waals surface area contributed by atoms with Crippen LogP contribution in [0.2, 0.25) is 0 Å². The molecule has 2 heterocycles. The standard InChI is InChI=1S/C17H24N4O3/c1-13-5-3-4-6-15(13)24-11-14(22)9-21-7-8-23-16(10-21)17-19-18-12-20(17)2/h3-6,12,14,16,22H,7-11H2,1-2H3/t14-,16-/m1/s1. The molecule has 1 saturated heterocycles. The number of aromatic nitrogens is 3. The maximum absolute atomic E-state index is 10.3. The van der Waals surface area contributed by atoms with Crippen molar-refractivity contribution in [2.75, 3.05) is 32.8 Å². The number of para-hydroxylation sites is 1. The van der Waals surface area contributed by atoms with Crippen molar-refractivity contribution in [1.82, 2.24) is 19.7 Å². The second kappa shape index (κ2) is 7.74. The molecule has 7 nitrogen and oxygen atoms in total. The quantitative estimate of drug-likeness (QED) is 0.849. The minimum atomic E-state index is -0.553. The van der Waals surface area contributed by atoms with E-state index in [0.29, 0.717) is 19.7 Å². The van der Waals surface area contributed by atoms with Crippen molar-refractivity contribution in [1.29, 1.82) is 0 Å². The highest BCUT2D eigenvalue weighted by Gasteiger charge is 2.26. The van der Waals surface area contributed by atoms with Crippen LogP contribution in [0.3, 0.4) is 0 Å². The summed E-state index contributed by atoms with van der Waals surface area (Å²) in [5, 5.41) is 18.3. The zero-order valence-corrected chi connectivity index (χ0v) is 14.1. The van der Waals surface area contributed by atoms with Crippen LogP contribution in [0.15, 0.2) is 30.6 Å². The smallest absolute Gasteiger partial charge is 0.163 e. The van der Waals surface area contributed by atoms with Gasteiger partial charge in [0, 0.05) is 26.7 Å². The number of hydrogen-bond acceptors (Lipinski definition) is 6. The number of hydrogen-bond donors (Lipinski definition) is 1. The van der Waals surface area contributed by atoms with Crippen LogP contribution in [0.25, 0.3) is 0 Å². The first-order chi connectivity index (χ1) is 11.6. The summed E-state index contributed by atoms with van der Waals surface area (Å²) in [5.41, 5.74) is 1.07. The fourth-order valence-electron chi connectivity index (χ4n) is 2.86. The molecule has 1 N–H and O–H groups in total. The van der Waals surface area contributed by atoms with E-state index in [4.69, 9.17) is 9.47 Å². The summed E-state index contributed by atoms with van der Waals surface area (Å²) in [6.45, 7) is 4.91. The predicted octanol–water partition coefficient (Wildman–Crippen LogP) is 0.937. The van der Waals surface area contributed by atoms with Crippen molar-refractivity contribution >= 4 is 0 Å². The average Bonchev–Trinajstić information content (AvgIpc) is 3.00. The lowest BCUT2D eigenvalue weighted by atomic mass is 10.2. The van der Waals surface area contributed by atoms with Crippen LogP contribution in [-0.4, -0.2) is 63.7 Å². The summed E-state index contributed by atoms with van der Waals surface area (Å²) >= 11 is 0. The van der Waals surface area contributed by atoms with E-state index in [-0.39, 0.29) is 12.7 Å². The first-order valence-electron chi connectivity index (χ1n) is 8.18. The van der Waals surface area contributed by atoms with Gasteiger partial charge in [0.05, 0.1) is 6.61 Å². The van der Waals surface area contributed by atoms with Crippen molar-refractivity contribution in [2.24, 2.45) is 7.05 Å². The zero-order chi connectivity index (χ0) is 16.9. The molecule has 0 aliphatic carbocycles. The molecular weight excluding hydrogens is 308 g/mol. The van der Waals surface area contributed by atoms with Gasteiger partial charge in [-0.25, -0.2) is 0 Å². The van der Waals surface area contributed by atoms with Crippen molar-refractivity contribution in [3.63, 3.8) is 0 Å². The number of nitrogens with zero attached hydrogens (tertiary/aromatic N) is 4. The molecule has 1 aromatic carbocycles. The maximum Gasteiger partial charge on any atom is 0.163 e. The lowest BCUT2D eigenvalue weighted by Gasteiger charge is -2.33. The third-order valence-corrected chi connectivity index (χ3v) is 4.18. The molecule has 0 saturated carbocycles. The Morgan fingerprint density at radius 2 is 2.25 bits per heavy atom. The Balaban J connectivity index is 1.50. The van der Waals surface area contributed by atoms with Crippen LogP contribution >= 0.6 is 0 Å². The second-order valence-electron chi connectivity index (χ2n) is 6.15. The highest BCUT2D eigenvalue weighted by atomic mass is 16.5. The SMILES string of the molecule is Cc1ccccc1OC[C@H](O)CN1CCO[C@@H](c2nncn2C)C1. The minimum absolute atomic E-state index is 0.115. The van der Waals surface area contributed by atoms with Crippen molar-refractivity contribution in [3.05, 3.63) is 42.0 Å². The molecule has 1 aliphatic rings. The number of aryl methyl sites for hydroxylation is 2. The fraction of sp³-hybridized carbons (Fsp3) is 0.529. The molecule has 1 fully saturated rings. The van der Waals surface area contributed by atoms with Crippen LogP contribution in [0.1, 0.15) is 17.5 Å². The second-order valence-corrected chi connectivity index (χ2v) is 6.15. The predicted molar refractivity (Wildman–Crippen MR) is 88.8 cm³/mol. The van der Waals surface area contributed by atoms with Gasteiger partial charge in [0.25, 0.3) is 0 Å². The first-order valence-corrected chi connectivity index (χ1v) is 8.18. The van der Waals surface area contributed by atoms with Gasteiger partial charge in [0.1, 0.15) is 30.9 Å². The third kappa shape index (κ3) is 4.11. The van der Waals surface area contributed by atoms with E-state index in [0.717, 1.165) is 23.7 Å². The molecule has 0 radical (unpaired) electrons. The monoisotopic (exact) mass is 332 g/mol. The van der Waals surface area contributed by atoms with Crippen LogP contribution in [0.5, 0.6) is 5.75 Å². The van der Waals surface area contributed by atoms with Crippen LogP contribution in [0.4, 0.5) is 0 Å². The van der Waals surface area contributed by atoms with Gasteiger partial charge < -0.3 is 19.1 Å². The van der Waals surface area contributed by atoms with Crippen LogP contribution in [-0.2, 0) is 11.8 Å². The molecule has 1 aromatic heterocycles. The summed E-state index contributed by atoms with van der Waals surface area (Å²) in [7, 11) is 1.91. The lowest BCUT2D eigenvalue weighted by Crippen LogP contribution is -2.44. The summed E-state index contributed by atoms with van der Waals surface area (Å²) < 4.78 is 13.4. The molecule has 2 aromatic rings. The Morgan fingerprint density at radius 3 is 3.00 bits per heavy atom. The van der Waals surface area contributed by atoms with Gasteiger partial charge in [-0.05, 0) is 18.6 Å². The highest BCUT2D eigenvalue weighted by molar-refractivity contribution is 5.31. The molecular formula is C17H24N4O3. The van der Waals surface area contributed by atoms with Crippen LogP contribution in [0, 0.1) is 6.92 Å². The van der Waals surface area contributed by atoms with E-state index in [1.54, 1.807) is 6.33 Å². The number of ether oxygens (including phenoxy) is 2. The lowest BCUT2D eigenvalue weighted by molar-refractivity contribution is -0.0506. The maximum atomic E-state index is 10.3. The van der Waals surface area contributed by atoms with Crippen LogP contribution < -0.4 is 4.74 Å². The zero-order valence-electron chi connectivity index (χ0n) is 14.1. The van der Waals surface area contributed by atoms with Gasteiger partial charge in [0.2, 0.25) is 0 Å². The van der Waals surface area contributed by atoms with Crippen molar-refractivity contribution in [3.8, 4) is 5.75 Å². The fourth-order valence-corrected chi connectivity index (χ4v) is 2.86. The summed E-state index contributed by atoms with van der Waals surface area (Å²) in [6.07, 6.45) is 1.00. The number of β-amino-alcohol motifs (C(OH)–C–C–N with tert-alkyl or cyclic N) is 1. The van der Waals surface area contributed by atoms with Crippen molar-refractivity contribution in [2.45, 2.75) is 19.1 Å². The summed E-state index contributed by atoms with van der Waals surface area (Å²) in [4.78, 5) is 2.18. The van der Waals surface area contributed by atoms with Crippen molar-refractivity contribution < 1.29 is 14.6 Å². The first kappa shape index (κ1) is 16.9. The number of aliphatic hydroxyl groups is 1. The molecule has 3 rings (SSSR count). The van der Waals surface area contributed by atoms with E-state index < -0.39 is 6.10 Å². The highest BCUT2D eigenvalue weighted by Crippen LogP contribution is 2.20. The van der Waals surface area contributed by atoms with Gasteiger partial charge in [-0.3, -0.25) is 4.90 Å². The Labute approximate surface area is 141 Å². The number of benzene rings is 1. The minimum Gasteiger partial charge on any atom is -0.491 e. The topological polar surface area (TPSA) is 72.6 Å². The van der Waals surface area contributed by atoms with E-state index in [9.17, 15) is 5.11 Å². The summed E-state index contributed by atoms with van der Waals surface area (Å²) in [6, 6.07) is 7.82. The van der Waals surface area contributed by atoms with Gasteiger partial charge in [0.15, 0.2) is 5.82 Å². The van der Waals surface area contributed by atoms with E-state index in [1.807, 2.05) is 42.8 Å². The van der Waals surface area contributed by atoms with Gasteiger partial charge >= 0.3 is 0 Å². The molecule has 0 unspecified atom stereocenters. The van der Waals surface area contributed by atoms with E-state index in [1.165, 1.54) is 0 Å². The molecule has 1 aliphatic heterocycles. The van der Waals surface area contributed by atoms with E-state index >= 15 is 0 Å². The van der Waals surface area contributed by atoms with Gasteiger partial charge in [-0.1, -0.05) is 18.2 Å². The Hall–Kier alpha value is -1.96. The van der Waals surface area contributed by atoms with E-state index in [2.05, 4.69) is 15.1 Å². The molecule has 7 heteroatoms.